The number of anilines is 1. The number of Topliss-reactive ketones (excluding diaryl/α,β-unsaturated/α-hetero) is 3. The minimum Gasteiger partial charge on any atom is -0.491 e. The van der Waals surface area contributed by atoms with Crippen LogP contribution in [0.3, 0.4) is 0 Å². The maximum absolute atomic E-state index is 13.4. The van der Waals surface area contributed by atoms with E-state index in [2.05, 4.69) is 10.6 Å². The molecule has 0 aliphatic carbocycles. The highest BCUT2D eigenvalue weighted by molar-refractivity contribution is 6.05. The molecule has 0 saturated carbocycles. The minimum atomic E-state index is -1.26. The van der Waals surface area contributed by atoms with Gasteiger partial charge in [-0.05, 0) is 79.6 Å². The second-order valence-corrected chi connectivity index (χ2v) is 14.1. The largest absolute Gasteiger partial charge is 0.491 e. The SMILES string of the molecule is CC(C)Oc1cc(C(=O)Cc2ccc(C(=O)O)cc2)ccc1CC(=O)c1ccc(CC(=O)[C@H](CC(N)=O)NC(=O)c2ccc(NC(=O)c3ccc([N+](=O)[O-])cc3)cc2)cc1. The number of benzene rings is 5. The number of nitro groups is 1. The fourth-order valence-corrected chi connectivity index (χ4v) is 6.03. The van der Waals surface area contributed by atoms with Gasteiger partial charge in [0.25, 0.3) is 17.5 Å². The number of aromatic carboxylic acids is 1. The number of nitrogens with two attached hydrogens (primary N) is 1. The maximum Gasteiger partial charge on any atom is 0.335 e. The average Bonchev–Trinajstić information content (AvgIpc) is 3.21. The molecule has 0 heterocycles. The second kappa shape index (κ2) is 19.6. The lowest BCUT2D eigenvalue weighted by molar-refractivity contribution is -0.384. The van der Waals surface area contributed by atoms with Gasteiger partial charge in [-0.25, -0.2) is 4.79 Å². The molecular formula is C45H40N4O11. The first-order chi connectivity index (χ1) is 28.6. The lowest BCUT2D eigenvalue weighted by atomic mass is 9.96. The van der Waals surface area contributed by atoms with Crippen LogP contribution in [0.2, 0.25) is 0 Å². The lowest BCUT2D eigenvalue weighted by Crippen LogP contribution is -2.44. The van der Waals surface area contributed by atoms with Crippen molar-refractivity contribution in [3.63, 3.8) is 0 Å². The summed E-state index contributed by atoms with van der Waals surface area (Å²) in [6.45, 7) is 3.64. The molecule has 0 fully saturated rings. The molecule has 0 bridgehead atoms. The van der Waals surface area contributed by atoms with E-state index in [1.165, 1.54) is 60.7 Å². The Bertz CT molecular complexity index is 2440. The molecule has 0 aliphatic rings. The first-order valence-electron chi connectivity index (χ1n) is 18.6. The van der Waals surface area contributed by atoms with E-state index < -0.39 is 46.9 Å². The van der Waals surface area contributed by atoms with Crippen molar-refractivity contribution >= 4 is 52.4 Å². The smallest absolute Gasteiger partial charge is 0.335 e. The predicted octanol–water partition coefficient (Wildman–Crippen LogP) is 5.97. The maximum atomic E-state index is 13.4. The van der Waals surface area contributed by atoms with E-state index in [0.29, 0.717) is 39.3 Å². The Morgan fingerprint density at radius 3 is 1.75 bits per heavy atom. The highest BCUT2D eigenvalue weighted by Crippen LogP contribution is 2.25. The molecule has 0 radical (unpaired) electrons. The Balaban J connectivity index is 1.19. The van der Waals surface area contributed by atoms with Crippen molar-refractivity contribution in [2.45, 2.75) is 51.7 Å². The van der Waals surface area contributed by atoms with Gasteiger partial charge in [0.1, 0.15) is 5.75 Å². The van der Waals surface area contributed by atoms with E-state index >= 15 is 0 Å². The predicted molar refractivity (Wildman–Crippen MR) is 219 cm³/mol. The van der Waals surface area contributed by atoms with E-state index in [0.717, 1.165) is 0 Å². The molecule has 1 atom stereocenters. The van der Waals surface area contributed by atoms with Crippen molar-refractivity contribution in [1.29, 1.82) is 0 Å². The Morgan fingerprint density at radius 2 is 1.18 bits per heavy atom. The van der Waals surface area contributed by atoms with Crippen LogP contribution >= 0.6 is 0 Å². The van der Waals surface area contributed by atoms with Crippen LogP contribution in [0, 0.1) is 10.1 Å². The number of non-ortho nitro benzene ring substituents is 1. The number of ketones is 3. The number of carbonyl (C=O) groups is 7. The van der Waals surface area contributed by atoms with Gasteiger partial charge in [-0.15, -0.1) is 0 Å². The molecule has 5 aromatic carbocycles. The second-order valence-electron chi connectivity index (χ2n) is 14.1. The number of carboxylic acid groups (broad SMARTS) is 1. The number of nitrogens with one attached hydrogen (secondary N) is 2. The van der Waals surface area contributed by atoms with E-state index in [-0.39, 0.29) is 59.3 Å². The summed E-state index contributed by atoms with van der Waals surface area (Å²) in [5.41, 5.74) is 8.42. The minimum absolute atomic E-state index is 0.0378. The van der Waals surface area contributed by atoms with Crippen molar-refractivity contribution in [1.82, 2.24) is 5.32 Å². The number of ether oxygens (including phenoxy) is 1. The third-order valence-electron chi connectivity index (χ3n) is 9.17. The molecule has 60 heavy (non-hydrogen) atoms. The number of hydrogen-bond acceptors (Lipinski definition) is 10. The highest BCUT2D eigenvalue weighted by atomic mass is 16.6. The monoisotopic (exact) mass is 812 g/mol. The fraction of sp³-hybridized carbons (Fsp3) is 0.178. The van der Waals surface area contributed by atoms with Crippen LogP contribution in [-0.4, -0.2) is 63.2 Å². The van der Waals surface area contributed by atoms with Crippen molar-refractivity contribution < 1.29 is 48.3 Å². The summed E-state index contributed by atoms with van der Waals surface area (Å²) in [4.78, 5) is 98.9. The van der Waals surface area contributed by atoms with Crippen LogP contribution in [0.4, 0.5) is 11.4 Å². The molecule has 3 amide bonds. The Hall–Kier alpha value is -7.81. The number of carboxylic acids is 1. The molecule has 0 aromatic heterocycles. The molecule has 5 N–H and O–H groups in total. The fourth-order valence-electron chi connectivity index (χ4n) is 6.03. The van der Waals surface area contributed by atoms with Crippen LogP contribution in [0.15, 0.2) is 115 Å². The number of amides is 3. The lowest BCUT2D eigenvalue weighted by Gasteiger charge is -2.17. The molecule has 306 valence electrons. The van der Waals surface area contributed by atoms with Gasteiger partial charge < -0.3 is 26.2 Å². The Kier molecular flexibility index (Phi) is 14.1. The van der Waals surface area contributed by atoms with Gasteiger partial charge in [0.2, 0.25) is 5.91 Å². The van der Waals surface area contributed by atoms with Crippen molar-refractivity contribution in [3.8, 4) is 5.75 Å². The summed E-state index contributed by atoms with van der Waals surface area (Å²) in [6, 6.07) is 26.7. The quantitative estimate of drug-likeness (QED) is 0.0430. The van der Waals surface area contributed by atoms with Crippen LogP contribution in [0.25, 0.3) is 0 Å². The third kappa shape index (κ3) is 11.9. The molecule has 0 saturated heterocycles. The molecule has 5 rings (SSSR count). The summed E-state index contributed by atoms with van der Waals surface area (Å²) in [6.07, 6.45) is -0.923. The van der Waals surface area contributed by atoms with Crippen LogP contribution in [0.5, 0.6) is 5.75 Å². The summed E-state index contributed by atoms with van der Waals surface area (Å²) >= 11 is 0. The first-order valence-corrected chi connectivity index (χ1v) is 18.6. The first kappa shape index (κ1) is 43.3. The van der Waals surface area contributed by atoms with Crippen LogP contribution in [-0.2, 0) is 28.9 Å². The zero-order chi connectivity index (χ0) is 43.5. The van der Waals surface area contributed by atoms with Gasteiger partial charge in [0.05, 0.1) is 29.1 Å². The van der Waals surface area contributed by atoms with Gasteiger partial charge in [-0.1, -0.05) is 48.5 Å². The van der Waals surface area contributed by atoms with Crippen molar-refractivity contribution in [2.24, 2.45) is 5.73 Å². The van der Waals surface area contributed by atoms with Crippen molar-refractivity contribution in [3.05, 3.63) is 170 Å². The van der Waals surface area contributed by atoms with E-state index in [4.69, 9.17) is 15.6 Å². The molecular weight excluding hydrogens is 773 g/mol. The summed E-state index contributed by atoms with van der Waals surface area (Å²) < 4.78 is 5.98. The molecule has 15 nitrogen and oxygen atoms in total. The topological polar surface area (TPSA) is 242 Å². The molecule has 0 aliphatic heterocycles. The standard InChI is InChI=1S/C45H40N4O11/c1-26(2)60-41-24-33(38(50)21-27-5-9-32(10-6-27)45(56)57)11-12-34(41)23-39(51)29-7-3-28(4-8-29)22-40(52)37(25-42(46)53)48-44(55)30-13-17-35(18-14-30)47-43(54)31-15-19-36(20-16-31)49(58)59/h3-20,24,26,37H,21-23,25H2,1-2H3,(H2,46,53)(H,47,54)(H,48,55)(H,56,57)/t37-/m0/s1. The highest BCUT2D eigenvalue weighted by Gasteiger charge is 2.24. The number of hydrogen-bond donors (Lipinski definition) is 4. The van der Waals surface area contributed by atoms with E-state index in [9.17, 15) is 43.7 Å². The number of nitro benzene ring substituents is 1. The zero-order valence-corrected chi connectivity index (χ0v) is 32.5. The molecule has 15 heteroatoms. The number of carbonyl (C=O) groups excluding carboxylic acids is 6. The normalized spacial score (nSPS) is 11.2. The number of nitrogens with zero attached hydrogens (tertiary/aromatic N) is 1. The van der Waals surface area contributed by atoms with Crippen molar-refractivity contribution in [2.75, 3.05) is 5.32 Å². The van der Waals surface area contributed by atoms with Gasteiger partial charge in [0.15, 0.2) is 17.3 Å². The number of rotatable bonds is 19. The molecule has 5 aromatic rings. The Morgan fingerprint density at radius 1 is 0.667 bits per heavy atom. The molecule has 0 spiro atoms. The Labute approximate surface area is 343 Å². The summed E-state index contributed by atoms with van der Waals surface area (Å²) in [5.74, 6) is -3.68. The summed E-state index contributed by atoms with van der Waals surface area (Å²) in [7, 11) is 0. The van der Waals surface area contributed by atoms with E-state index in [1.54, 1.807) is 54.6 Å². The van der Waals surface area contributed by atoms with E-state index in [1.807, 2.05) is 13.8 Å². The third-order valence-corrected chi connectivity index (χ3v) is 9.17. The van der Waals surface area contributed by atoms with Gasteiger partial charge in [0, 0.05) is 64.9 Å². The van der Waals surface area contributed by atoms with Gasteiger partial charge in [-0.2, -0.15) is 0 Å². The van der Waals surface area contributed by atoms with Gasteiger partial charge in [-0.3, -0.25) is 38.9 Å². The van der Waals surface area contributed by atoms with Gasteiger partial charge >= 0.3 is 5.97 Å². The molecule has 0 unspecified atom stereocenters. The summed E-state index contributed by atoms with van der Waals surface area (Å²) in [5, 5.41) is 25.2. The van der Waals surface area contributed by atoms with Crippen LogP contribution < -0.4 is 21.1 Å². The number of primary amides is 1. The van der Waals surface area contributed by atoms with Crippen LogP contribution in [0.1, 0.15) is 88.7 Å². The average molecular weight is 813 g/mol. The zero-order valence-electron chi connectivity index (χ0n) is 32.5.